The highest BCUT2D eigenvalue weighted by atomic mass is 15.2. The first-order chi connectivity index (χ1) is 8.31. The van der Waals surface area contributed by atoms with E-state index in [4.69, 9.17) is 5.73 Å². The number of aromatic nitrogens is 3. The van der Waals surface area contributed by atoms with Crippen LogP contribution in [-0.4, -0.2) is 35.1 Å². The van der Waals surface area contributed by atoms with Crippen molar-refractivity contribution in [1.82, 2.24) is 15.0 Å². The largest absolute Gasteiger partial charge is 0.358 e. The fourth-order valence-corrected chi connectivity index (χ4v) is 1.50. The van der Waals surface area contributed by atoms with Crippen LogP contribution in [0.15, 0.2) is 36.8 Å². The fourth-order valence-electron chi connectivity index (χ4n) is 1.50. The summed E-state index contributed by atoms with van der Waals surface area (Å²) in [6.07, 6.45) is 5.23. The molecule has 2 aromatic heterocycles. The molecule has 0 saturated carbocycles. The van der Waals surface area contributed by atoms with E-state index in [1.165, 1.54) is 0 Å². The molecule has 2 N–H and O–H groups in total. The Morgan fingerprint density at radius 2 is 2.18 bits per heavy atom. The molecule has 0 saturated heterocycles. The lowest BCUT2D eigenvalue weighted by atomic mass is 10.2. The molecule has 2 aromatic rings. The summed E-state index contributed by atoms with van der Waals surface area (Å²) in [7, 11) is 1.96. The number of nitrogens with zero attached hydrogens (tertiary/aromatic N) is 4. The lowest BCUT2D eigenvalue weighted by Crippen LogP contribution is -2.25. The highest BCUT2D eigenvalue weighted by Crippen LogP contribution is 2.15. The third-order valence-corrected chi connectivity index (χ3v) is 2.42. The standard InChI is InChI=1S/C12H15N5/c1-17(8-5-13)11-4-7-15-12(16-11)10-3-2-6-14-9-10/h2-4,6-7,9H,5,8,13H2,1H3. The number of rotatable bonds is 4. The van der Waals surface area contributed by atoms with Crippen LogP contribution in [0.25, 0.3) is 11.4 Å². The van der Waals surface area contributed by atoms with Crippen molar-refractivity contribution in [3.8, 4) is 11.4 Å². The summed E-state index contributed by atoms with van der Waals surface area (Å²) >= 11 is 0. The molecule has 0 aliphatic carbocycles. The Bertz CT molecular complexity index is 471. The Kier molecular flexibility index (Phi) is 3.62. The zero-order chi connectivity index (χ0) is 12.1. The van der Waals surface area contributed by atoms with Gasteiger partial charge in [-0.15, -0.1) is 0 Å². The van der Waals surface area contributed by atoms with Gasteiger partial charge in [0.15, 0.2) is 5.82 Å². The second kappa shape index (κ2) is 5.36. The molecule has 0 aromatic carbocycles. The number of nitrogens with two attached hydrogens (primary N) is 1. The lowest BCUT2D eigenvalue weighted by Gasteiger charge is -2.17. The minimum Gasteiger partial charge on any atom is -0.358 e. The maximum absolute atomic E-state index is 5.52. The van der Waals surface area contributed by atoms with Crippen molar-refractivity contribution in [1.29, 1.82) is 0 Å². The van der Waals surface area contributed by atoms with Crippen molar-refractivity contribution in [2.75, 3.05) is 25.0 Å². The van der Waals surface area contributed by atoms with Gasteiger partial charge < -0.3 is 10.6 Å². The smallest absolute Gasteiger partial charge is 0.163 e. The lowest BCUT2D eigenvalue weighted by molar-refractivity contribution is 0.865. The van der Waals surface area contributed by atoms with Gasteiger partial charge in [0.25, 0.3) is 0 Å². The molecule has 0 bridgehead atoms. The zero-order valence-corrected chi connectivity index (χ0v) is 9.74. The number of pyridine rings is 1. The Balaban J connectivity index is 2.29. The first kappa shape index (κ1) is 11.5. The van der Waals surface area contributed by atoms with E-state index in [0.717, 1.165) is 17.9 Å². The molecule has 0 spiro atoms. The molecule has 0 fully saturated rings. The van der Waals surface area contributed by atoms with Gasteiger partial charge >= 0.3 is 0 Å². The highest BCUT2D eigenvalue weighted by molar-refractivity contribution is 5.55. The molecule has 0 atom stereocenters. The first-order valence-electron chi connectivity index (χ1n) is 5.46. The Labute approximate surface area is 100 Å². The quantitative estimate of drug-likeness (QED) is 0.844. The molecule has 0 radical (unpaired) electrons. The zero-order valence-electron chi connectivity index (χ0n) is 9.74. The topological polar surface area (TPSA) is 67.9 Å². The van der Waals surface area contributed by atoms with E-state index >= 15 is 0 Å². The van der Waals surface area contributed by atoms with Crippen LogP contribution < -0.4 is 10.6 Å². The third kappa shape index (κ3) is 2.76. The highest BCUT2D eigenvalue weighted by Gasteiger charge is 2.05. The predicted octanol–water partition coefficient (Wildman–Crippen LogP) is 0.934. The minimum absolute atomic E-state index is 0.600. The van der Waals surface area contributed by atoms with Crippen LogP contribution in [0.2, 0.25) is 0 Å². The molecule has 0 amide bonds. The number of hydrogen-bond acceptors (Lipinski definition) is 5. The van der Waals surface area contributed by atoms with Gasteiger partial charge in [0.1, 0.15) is 5.82 Å². The van der Waals surface area contributed by atoms with E-state index in [2.05, 4.69) is 15.0 Å². The Morgan fingerprint density at radius 3 is 2.88 bits per heavy atom. The van der Waals surface area contributed by atoms with Crippen molar-refractivity contribution in [3.05, 3.63) is 36.8 Å². The molecule has 2 heterocycles. The average Bonchev–Trinajstić information content (AvgIpc) is 2.40. The molecular weight excluding hydrogens is 214 g/mol. The predicted molar refractivity (Wildman–Crippen MR) is 67.6 cm³/mol. The first-order valence-corrected chi connectivity index (χ1v) is 5.46. The van der Waals surface area contributed by atoms with E-state index in [9.17, 15) is 0 Å². The van der Waals surface area contributed by atoms with Crippen molar-refractivity contribution in [2.45, 2.75) is 0 Å². The van der Waals surface area contributed by atoms with Gasteiger partial charge in [-0.2, -0.15) is 0 Å². The van der Waals surface area contributed by atoms with Crippen LogP contribution in [-0.2, 0) is 0 Å². The molecular formula is C12H15N5. The molecule has 5 nitrogen and oxygen atoms in total. The van der Waals surface area contributed by atoms with E-state index in [0.29, 0.717) is 12.4 Å². The van der Waals surface area contributed by atoms with Crippen LogP contribution >= 0.6 is 0 Å². The van der Waals surface area contributed by atoms with Crippen molar-refractivity contribution >= 4 is 5.82 Å². The van der Waals surface area contributed by atoms with Gasteiger partial charge in [0.05, 0.1) is 0 Å². The summed E-state index contributed by atoms with van der Waals surface area (Å²) in [5.41, 5.74) is 6.43. The SMILES string of the molecule is CN(CCN)c1ccnc(-c2cccnc2)n1. The molecule has 0 aliphatic heterocycles. The molecule has 88 valence electrons. The average molecular weight is 229 g/mol. The Hall–Kier alpha value is -2.01. The summed E-state index contributed by atoms with van der Waals surface area (Å²) in [4.78, 5) is 14.8. The molecule has 17 heavy (non-hydrogen) atoms. The van der Waals surface area contributed by atoms with E-state index in [-0.39, 0.29) is 0 Å². The van der Waals surface area contributed by atoms with Gasteiger partial charge in [0.2, 0.25) is 0 Å². The van der Waals surface area contributed by atoms with Gasteiger partial charge in [-0.1, -0.05) is 0 Å². The fraction of sp³-hybridized carbons (Fsp3) is 0.250. The van der Waals surface area contributed by atoms with Crippen molar-refractivity contribution in [3.63, 3.8) is 0 Å². The van der Waals surface area contributed by atoms with Crippen molar-refractivity contribution in [2.24, 2.45) is 5.73 Å². The van der Waals surface area contributed by atoms with Gasteiger partial charge in [-0.05, 0) is 18.2 Å². The second-order valence-electron chi connectivity index (χ2n) is 3.69. The maximum Gasteiger partial charge on any atom is 0.163 e. The van der Waals surface area contributed by atoms with Crippen LogP contribution in [0.4, 0.5) is 5.82 Å². The van der Waals surface area contributed by atoms with Crippen LogP contribution in [0.1, 0.15) is 0 Å². The van der Waals surface area contributed by atoms with E-state index < -0.39 is 0 Å². The monoisotopic (exact) mass is 229 g/mol. The van der Waals surface area contributed by atoms with E-state index in [1.807, 2.05) is 30.1 Å². The molecule has 5 heteroatoms. The normalized spacial score (nSPS) is 10.2. The molecule has 0 aliphatic rings. The van der Waals surface area contributed by atoms with Gasteiger partial charge in [-0.25, -0.2) is 9.97 Å². The van der Waals surface area contributed by atoms with Crippen LogP contribution in [0.3, 0.4) is 0 Å². The van der Waals surface area contributed by atoms with Crippen molar-refractivity contribution < 1.29 is 0 Å². The second-order valence-corrected chi connectivity index (χ2v) is 3.69. The third-order valence-electron chi connectivity index (χ3n) is 2.42. The summed E-state index contributed by atoms with van der Waals surface area (Å²) in [6.45, 7) is 1.37. The molecule has 0 unspecified atom stereocenters. The Morgan fingerprint density at radius 1 is 1.29 bits per heavy atom. The summed E-state index contributed by atoms with van der Waals surface area (Å²) in [5.74, 6) is 1.55. The number of hydrogen-bond donors (Lipinski definition) is 1. The van der Waals surface area contributed by atoms with Gasteiger partial charge in [-0.3, -0.25) is 4.98 Å². The van der Waals surface area contributed by atoms with Gasteiger partial charge in [0, 0.05) is 44.3 Å². The van der Waals surface area contributed by atoms with Crippen LogP contribution in [0, 0.1) is 0 Å². The summed E-state index contributed by atoms with van der Waals surface area (Å²) in [6, 6.07) is 5.68. The number of anilines is 1. The summed E-state index contributed by atoms with van der Waals surface area (Å²) in [5, 5.41) is 0. The molecule has 2 rings (SSSR count). The minimum atomic E-state index is 0.600. The van der Waals surface area contributed by atoms with Crippen LogP contribution in [0.5, 0.6) is 0 Å². The van der Waals surface area contributed by atoms with E-state index in [1.54, 1.807) is 18.6 Å². The number of likely N-dealkylation sites (N-methyl/N-ethyl adjacent to an activating group) is 1. The summed E-state index contributed by atoms with van der Waals surface area (Å²) < 4.78 is 0. The maximum atomic E-state index is 5.52.